The summed E-state index contributed by atoms with van der Waals surface area (Å²) < 4.78 is 4.73. The van der Waals surface area contributed by atoms with E-state index in [0.717, 1.165) is 11.1 Å². The second kappa shape index (κ2) is 4.97. The van der Waals surface area contributed by atoms with Crippen molar-refractivity contribution < 1.29 is 9.53 Å². The fraction of sp³-hybridized carbons (Fsp3) is 0.133. The normalized spacial score (nSPS) is 13.3. The molecule has 0 atom stereocenters. The van der Waals surface area contributed by atoms with Crippen LogP contribution in [0.1, 0.15) is 17.2 Å². The maximum Gasteiger partial charge on any atom is 0.407 e. The van der Waals surface area contributed by atoms with Gasteiger partial charge in [-0.3, -0.25) is 0 Å². The van der Waals surface area contributed by atoms with Crippen LogP contribution in [0.15, 0.2) is 58.3 Å². The lowest BCUT2D eigenvalue weighted by molar-refractivity contribution is 0.168. The van der Waals surface area contributed by atoms with Crippen molar-refractivity contribution in [2.24, 2.45) is 0 Å². The van der Waals surface area contributed by atoms with Crippen LogP contribution in [0.25, 0.3) is 0 Å². The number of alkyl carbamates (subject to hydrolysis) is 1. The average Bonchev–Trinajstić information content (AvgIpc) is 2.46. The van der Waals surface area contributed by atoms with E-state index in [0.29, 0.717) is 0 Å². The molecule has 0 unspecified atom stereocenters. The third-order valence-electron chi connectivity index (χ3n) is 3.13. The van der Waals surface area contributed by atoms with Crippen molar-refractivity contribution in [3.8, 4) is 0 Å². The summed E-state index contributed by atoms with van der Waals surface area (Å²) in [5.41, 5.74) is 2.22. The third-order valence-corrected chi connectivity index (χ3v) is 4.31. The Bertz CT molecular complexity index is 582. The van der Waals surface area contributed by atoms with Gasteiger partial charge in [-0.05, 0) is 23.3 Å². The first-order chi connectivity index (χ1) is 9.29. The molecule has 0 bridgehead atoms. The predicted molar refractivity (Wildman–Crippen MR) is 74.4 cm³/mol. The molecular weight excluding hydrogens is 258 g/mol. The van der Waals surface area contributed by atoms with Crippen molar-refractivity contribution >= 4 is 17.9 Å². The Balaban J connectivity index is 2.08. The van der Waals surface area contributed by atoms with Crippen LogP contribution >= 0.6 is 11.8 Å². The zero-order valence-electron chi connectivity index (χ0n) is 10.4. The summed E-state index contributed by atoms with van der Waals surface area (Å²) in [4.78, 5) is 13.9. The molecule has 1 aliphatic rings. The number of hydrogen-bond donors (Lipinski definition) is 1. The monoisotopic (exact) mass is 271 g/mol. The first-order valence-electron chi connectivity index (χ1n) is 6.00. The van der Waals surface area contributed by atoms with E-state index in [4.69, 9.17) is 4.74 Å². The fourth-order valence-corrected chi connectivity index (χ4v) is 3.38. The smallest absolute Gasteiger partial charge is 0.407 e. The zero-order chi connectivity index (χ0) is 13.2. The molecule has 3 nitrogen and oxygen atoms in total. The van der Waals surface area contributed by atoms with Gasteiger partial charge in [0.25, 0.3) is 0 Å². The van der Waals surface area contributed by atoms with Gasteiger partial charge < -0.3 is 10.1 Å². The van der Waals surface area contributed by atoms with E-state index in [2.05, 4.69) is 17.4 Å². The number of benzene rings is 2. The van der Waals surface area contributed by atoms with Crippen molar-refractivity contribution in [3.63, 3.8) is 0 Å². The van der Waals surface area contributed by atoms with Crippen LogP contribution in [0.2, 0.25) is 0 Å². The summed E-state index contributed by atoms with van der Waals surface area (Å²) >= 11 is 1.73. The highest BCUT2D eigenvalue weighted by atomic mass is 32.2. The second-order valence-electron chi connectivity index (χ2n) is 4.25. The molecule has 1 heterocycles. The molecule has 4 heteroatoms. The van der Waals surface area contributed by atoms with Gasteiger partial charge in [0.1, 0.15) is 0 Å². The van der Waals surface area contributed by atoms with Crippen LogP contribution < -0.4 is 5.32 Å². The van der Waals surface area contributed by atoms with Crippen LogP contribution in [-0.4, -0.2) is 13.2 Å². The summed E-state index contributed by atoms with van der Waals surface area (Å²) in [5.74, 6) is 0. The summed E-state index contributed by atoms with van der Waals surface area (Å²) in [7, 11) is 1.38. The average molecular weight is 271 g/mol. The van der Waals surface area contributed by atoms with E-state index >= 15 is 0 Å². The Kier molecular flexibility index (Phi) is 3.17. The first kappa shape index (κ1) is 12.1. The number of amides is 1. The highest BCUT2D eigenvalue weighted by Crippen LogP contribution is 2.44. The fourth-order valence-electron chi connectivity index (χ4n) is 2.24. The highest BCUT2D eigenvalue weighted by Gasteiger charge is 2.27. The number of nitrogens with one attached hydrogen (secondary N) is 1. The van der Waals surface area contributed by atoms with Crippen LogP contribution in [0.3, 0.4) is 0 Å². The van der Waals surface area contributed by atoms with E-state index < -0.39 is 6.09 Å². The molecule has 0 saturated heterocycles. The summed E-state index contributed by atoms with van der Waals surface area (Å²) in [6.07, 6.45) is -0.415. The molecule has 0 saturated carbocycles. The highest BCUT2D eigenvalue weighted by molar-refractivity contribution is 7.99. The molecule has 1 amide bonds. The van der Waals surface area contributed by atoms with Gasteiger partial charge >= 0.3 is 6.09 Å². The standard InChI is InChI=1S/C15H13NO2S/c1-18-15(17)16-14-10-6-2-4-8-12(10)19-13-9-5-3-7-11(13)14/h2-9,14H,1H3,(H,16,17). The van der Waals surface area contributed by atoms with Gasteiger partial charge in [-0.15, -0.1) is 0 Å². The molecule has 1 N–H and O–H groups in total. The number of methoxy groups -OCH3 is 1. The van der Waals surface area contributed by atoms with E-state index in [1.807, 2.05) is 36.4 Å². The van der Waals surface area contributed by atoms with Crippen molar-refractivity contribution in [2.75, 3.05) is 7.11 Å². The molecular formula is C15H13NO2S. The topological polar surface area (TPSA) is 38.3 Å². The van der Waals surface area contributed by atoms with Gasteiger partial charge in [0.2, 0.25) is 0 Å². The lowest BCUT2D eigenvalue weighted by Crippen LogP contribution is -2.30. The van der Waals surface area contributed by atoms with Crippen LogP contribution in [0.5, 0.6) is 0 Å². The lowest BCUT2D eigenvalue weighted by Gasteiger charge is -2.27. The minimum atomic E-state index is -0.415. The largest absolute Gasteiger partial charge is 0.453 e. The molecule has 19 heavy (non-hydrogen) atoms. The Labute approximate surface area is 116 Å². The van der Waals surface area contributed by atoms with Gasteiger partial charge in [0, 0.05) is 9.79 Å². The number of carbonyl (C=O) groups is 1. The zero-order valence-corrected chi connectivity index (χ0v) is 11.2. The SMILES string of the molecule is COC(=O)NC1c2ccccc2Sc2ccccc21. The molecule has 2 aromatic rings. The Morgan fingerprint density at radius 1 is 1.05 bits per heavy atom. The number of hydrogen-bond acceptors (Lipinski definition) is 3. The third kappa shape index (κ3) is 2.19. The Morgan fingerprint density at radius 3 is 2.11 bits per heavy atom. The van der Waals surface area contributed by atoms with E-state index in [1.165, 1.54) is 16.9 Å². The molecule has 0 spiro atoms. The molecule has 3 rings (SSSR count). The molecule has 2 aromatic carbocycles. The predicted octanol–water partition coefficient (Wildman–Crippen LogP) is 3.60. The minimum Gasteiger partial charge on any atom is -0.453 e. The van der Waals surface area contributed by atoms with Gasteiger partial charge in [-0.25, -0.2) is 4.79 Å². The van der Waals surface area contributed by atoms with Gasteiger partial charge in [0.15, 0.2) is 0 Å². The Hall–Kier alpha value is -1.94. The number of ether oxygens (including phenoxy) is 1. The summed E-state index contributed by atoms with van der Waals surface area (Å²) in [5, 5.41) is 2.91. The molecule has 0 aromatic heterocycles. The Morgan fingerprint density at radius 2 is 1.58 bits per heavy atom. The van der Waals surface area contributed by atoms with Gasteiger partial charge in [-0.1, -0.05) is 48.2 Å². The van der Waals surface area contributed by atoms with Crippen molar-refractivity contribution in [2.45, 2.75) is 15.8 Å². The molecule has 1 aliphatic heterocycles. The first-order valence-corrected chi connectivity index (χ1v) is 6.81. The van der Waals surface area contributed by atoms with Gasteiger partial charge in [-0.2, -0.15) is 0 Å². The number of fused-ring (bicyclic) bond motifs is 2. The second-order valence-corrected chi connectivity index (χ2v) is 5.33. The summed E-state index contributed by atoms with van der Waals surface area (Å²) in [6.45, 7) is 0. The van der Waals surface area contributed by atoms with Crippen LogP contribution in [0, 0.1) is 0 Å². The van der Waals surface area contributed by atoms with E-state index in [9.17, 15) is 4.79 Å². The van der Waals surface area contributed by atoms with E-state index in [-0.39, 0.29) is 6.04 Å². The molecule has 0 fully saturated rings. The van der Waals surface area contributed by atoms with Crippen molar-refractivity contribution in [1.82, 2.24) is 5.32 Å². The maximum absolute atomic E-state index is 11.6. The van der Waals surface area contributed by atoms with Crippen LogP contribution in [0.4, 0.5) is 4.79 Å². The van der Waals surface area contributed by atoms with Crippen molar-refractivity contribution in [3.05, 3.63) is 59.7 Å². The maximum atomic E-state index is 11.6. The quantitative estimate of drug-likeness (QED) is 0.861. The summed E-state index contributed by atoms with van der Waals surface area (Å²) in [6, 6.07) is 16.1. The molecule has 0 radical (unpaired) electrons. The number of carbonyl (C=O) groups excluding carboxylic acids is 1. The molecule has 96 valence electrons. The van der Waals surface area contributed by atoms with Gasteiger partial charge in [0.05, 0.1) is 13.2 Å². The van der Waals surface area contributed by atoms with Crippen LogP contribution in [-0.2, 0) is 4.74 Å². The van der Waals surface area contributed by atoms with Crippen molar-refractivity contribution in [1.29, 1.82) is 0 Å². The molecule has 0 aliphatic carbocycles. The minimum absolute atomic E-state index is 0.152. The lowest BCUT2D eigenvalue weighted by atomic mass is 9.98. The number of rotatable bonds is 1. The van der Waals surface area contributed by atoms with E-state index in [1.54, 1.807) is 11.8 Å².